The molecule has 3 heterocycles. The quantitative estimate of drug-likeness (QED) is 0.266. The number of ether oxygens (including phenoxy) is 1. The number of urea groups is 1. The van der Waals surface area contributed by atoms with E-state index in [-0.39, 0.29) is 12.1 Å². The molecule has 202 valence electrons. The van der Waals surface area contributed by atoms with Crippen LogP contribution < -0.4 is 10.1 Å². The molecular weight excluding hydrogens is 498 g/mol. The van der Waals surface area contributed by atoms with Gasteiger partial charge in [0.1, 0.15) is 11.6 Å². The number of carbonyl (C=O) groups is 1. The summed E-state index contributed by atoms with van der Waals surface area (Å²) in [7, 11) is 1.66. The Kier molecular flexibility index (Phi) is 6.64. The van der Waals surface area contributed by atoms with Gasteiger partial charge in [-0.2, -0.15) is 5.10 Å². The second kappa shape index (κ2) is 10.4. The first-order valence-corrected chi connectivity index (χ1v) is 13.6. The molecule has 6 rings (SSSR count). The van der Waals surface area contributed by atoms with Crippen LogP contribution in [-0.4, -0.2) is 32.4 Å². The molecular formula is C33H33N5O2. The molecule has 0 fully saturated rings. The smallest absolute Gasteiger partial charge is 0.322 e. The van der Waals surface area contributed by atoms with Crippen molar-refractivity contribution in [1.29, 1.82) is 0 Å². The molecule has 7 nitrogen and oxygen atoms in total. The minimum Gasteiger partial charge on any atom is -0.497 e. The van der Waals surface area contributed by atoms with Crippen LogP contribution in [0.4, 0.5) is 10.5 Å². The third-order valence-electron chi connectivity index (χ3n) is 7.61. The molecule has 0 aliphatic carbocycles. The van der Waals surface area contributed by atoms with Gasteiger partial charge in [0.15, 0.2) is 0 Å². The van der Waals surface area contributed by atoms with Crippen molar-refractivity contribution in [2.24, 2.45) is 0 Å². The van der Waals surface area contributed by atoms with Crippen LogP contribution in [0.2, 0.25) is 0 Å². The molecule has 1 aliphatic rings. The van der Waals surface area contributed by atoms with Gasteiger partial charge in [-0.3, -0.25) is 0 Å². The molecule has 0 radical (unpaired) electrons. The highest BCUT2D eigenvalue weighted by Crippen LogP contribution is 2.39. The third-order valence-corrected chi connectivity index (χ3v) is 7.61. The minimum atomic E-state index is -0.364. The maximum absolute atomic E-state index is 14.3. The number of para-hydroxylation sites is 1. The highest BCUT2D eigenvalue weighted by molar-refractivity contribution is 5.91. The number of aromatic nitrogens is 3. The van der Waals surface area contributed by atoms with E-state index in [1.807, 2.05) is 78.0 Å². The molecule has 40 heavy (non-hydrogen) atoms. The van der Waals surface area contributed by atoms with Gasteiger partial charge in [-0.1, -0.05) is 49.4 Å². The number of methoxy groups -OCH3 is 1. The van der Waals surface area contributed by atoms with Crippen molar-refractivity contribution in [3.63, 3.8) is 0 Å². The van der Waals surface area contributed by atoms with Crippen LogP contribution in [0.1, 0.15) is 46.6 Å². The van der Waals surface area contributed by atoms with Gasteiger partial charge in [0.25, 0.3) is 0 Å². The van der Waals surface area contributed by atoms with Gasteiger partial charge in [-0.05, 0) is 79.4 Å². The van der Waals surface area contributed by atoms with E-state index in [1.54, 1.807) is 7.11 Å². The Morgan fingerprint density at radius 1 is 1.00 bits per heavy atom. The Balaban J connectivity index is 1.56. The topological polar surface area (TPSA) is 64.3 Å². The summed E-state index contributed by atoms with van der Waals surface area (Å²) >= 11 is 0. The molecule has 5 aromatic rings. The molecule has 0 bridgehead atoms. The standard InChI is InChI=1S/C33H33N5O2/c1-5-28-27-21-37(33(39)34-29-19-22(2)16-17-23(29)3)31(24-11-9-14-26(20-24)40-4)30-15-10-18-36(30)32(27)38(35-28)25-12-7-6-8-13-25/h6-20,31H,5,21H2,1-4H3,(H,34,39). The van der Waals surface area contributed by atoms with Gasteiger partial charge < -0.3 is 19.5 Å². The Morgan fingerprint density at radius 2 is 1.82 bits per heavy atom. The molecule has 0 saturated carbocycles. The molecule has 7 heteroatoms. The Labute approximate surface area is 234 Å². The van der Waals surface area contributed by atoms with E-state index in [1.165, 1.54) is 0 Å². The maximum atomic E-state index is 14.3. The van der Waals surface area contributed by atoms with Crippen LogP contribution in [0.25, 0.3) is 11.5 Å². The number of benzene rings is 3. The van der Waals surface area contributed by atoms with Crippen molar-refractivity contribution in [3.8, 4) is 17.3 Å². The summed E-state index contributed by atoms with van der Waals surface area (Å²) < 4.78 is 9.78. The van der Waals surface area contributed by atoms with E-state index in [0.717, 1.165) is 63.0 Å². The number of hydrogen-bond acceptors (Lipinski definition) is 3. The number of hydrogen-bond donors (Lipinski definition) is 1. The lowest BCUT2D eigenvalue weighted by molar-refractivity contribution is 0.194. The maximum Gasteiger partial charge on any atom is 0.322 e. The number of amides is 2. The van der Waals surface area contributed by atoms with Crippen molar-refractivity contribution in [2.45, 2.75) is 39.8 Å². The molecule has 3 aromatic carbocycles. The van der Waals surface area contributed by atoms with Gasteiger partial charge >= 0.3 is 6.03 Å². The number of fused-ring (bicyclic) bond motifs is 3. The van der Waals surface area contributed by atoms with Crippen molar-refractivity contribution in [1.82, 2.24) is 19.2 Å². The van der Waals surface area contributed by atoms with E-state index in [2.05, 4.69) is 53.3 Å². The van der Waals surface area contributed by atoms with Crippen molar-refractivity contribution < 1.29 is 9.53 Å². The summed E-state index contributed by atoms with van der Waals surface area (Å²) in [6.07, 6.45) is 2.81. The fourth-order valence-electron chi connectivity index (χ4n) is 5.57. The molecule has 0 spiro atoms. The fourth-order valence-corrected chi connectivity index (χ4v) is 5.57. The van der Waals surface area contributed by atoms with Crippen LogP contribution in [0, 0.1) is 13.8 Å². The van der Waals surface area contributed by atoms with Gasteiger partial charge in [0, 0.05) is 17.4 Å². The van der Waals surface area contributed by atoms with Gasteiger partial charge in [0.05, 0.1) is 36.8 Å². The summed E-state index contributed by atoms with van der Waals surface area (Å²) in [5, 5.41) is 8.27. The average molecular weight is 532 g/mol. The van der Waals surface area contributed by atoms with Crippen LogP contribution >= 0.6 is 0 Å². The highest BCUT2D eigenvalue weighted by atomic mass is 16.5. The molecule has 2 aromatic heterocycles. The molecule has 1 atom stereocenters. The van der Waals surface area contributed by atoms with Crippen LogP contribution in [0.15, 0.2) is 91.1 Å². The predicted octanol–water partition coefficient (Wildman–Crippen LogP) is 6.99. The van der Waals surface area contributed by atoms with E-state index >= 15 is 0 Å². The van der Waals surface area contributed by atoms with Crippen LogP contribution in [0.5, 0.6) is 5.75 Å². The largest absolute Gasteiger partial charge is 0.497 e. The Morgan fingerprint density at radius 3 is 2.60 bits per heavy atom. The third kappa shape index (κ3) is 4.43. The molecule has 1 aliphatic heterocycles. The first kappa shape index (κ1) is 25.5. The fraction of sp³-hybridized carbons (Fsp3) is 0.212. The molecule has 2 amide bonds. The Bertz CT molecular complexity index is 1680. The summed E-state index contributed by atoms with van der Waals surface area (Å²) in [6.45, 7) is 6.55. The lowest BCUT2D eigenvalue weighted by atomic mass is 10.0. The van der Waals surface area contributed by atoms with Crippen molar-refractivity contribution in [3.05, 3.63) is 125 Å². The molecule has 0 saturated heterocycles. The number of rotatable bonds is 5. The van der Waals surface area contributed by atoms with Gasteiger partial charge in [0.2, 0.25) is 0 Å². The zero-order chi connectivity index (χ0) is 27.8. The van der Waals surface area contributed by atoms with Crippen LogP contribution in [-0.2, 0) is 13.0 Å². The van der Waals surface area contributed by atoms with Gasteiger partial charge in [-0.15, -0.1) is 0 Å². The first-order valence-electron chi connectivity index (χ1n) is 13.6. The summed E-state index contributed by atoms with van der Waals surface area (Å²) in [4.78, 5) is 16.2. The number of nitrogens with zero attached hydrogens (tertiary/aromatic N) is 4. The molecule has 1 unspecified atom stereocenters. The summed E-state index contributed by atoms with van der Waals surface area (Å²) in [5.41, 5.74) is 7.84. The minimum absolute atomic E-state index is 0.170. The zero-order valence-corrected chi connectivity index (χ0v) is 23.3. The monoisotopic (exact) mass is 531 g/mol. The second-order valence-corrected chi connectivity index (χ2v) is 10.2. The van der Waals surface area contributed by atoms with Crippen LogP contribution in [0.3, 0.4) is 0 Å². The SMILES string of the molecule is CCc1nn(-c2ccccc2)c2c1CN(C(=O)Nc1cc(C)ccc1C)C(c1cccc(OC)c1)c1cccn1-2. The van der Waals surface area contributed by atoms with E-state index in [0.29, 0.717) is 6.54 Å². The zero-order valence-electron chi connectivity index (χ0n) is 23.3. The summed E-state index contributed by atoms with van der Waals surface area (Å²) in [6, 6.07) is 27.8. The number of anilines is 1. The van der Waals surface area contributed by atoms with E-state index < -0.39 is 0 Å². The van der Waals surface area contributed by atoms with E-state index in [9.17, 15) is 4.79 Å². The number of nitrogens with one attached hydrogen (secondary N) is 1. The van der Waals surface area contributed by atoms with Gasteiger partial charge in [-0.25, -0.2) is 9.48 Å². The number of aryl methyl sites for hydroxylation is 3. The summed E-state index contributed by atoms with van der Waals surface area (Å²) in [5.74, 6) is 1.70. The first-order chi connectivity index (χ1) is 19.5. The Hall–Kier alpha value is -4.78. The van der Waals surface area contributed by atoms with E-state index in [4.69, 9.17) is 9.84 Å². The highest BCUT2D eigenvalue weighted by Gasteiger charge is 2.36. The van der Waals surface area contributed by atoms with Crippen molar-refractivity contribution in [2.75, 3.05) is 12.4 Å². The lowest BCUT2D eigenvalue weighted by Gasteiger charge is -2.31. The lowest BCUT2D eigenvalue weighted by Crippen LogP contribution is -2.38. The normalized spacial score (nSPS) is 14.3. The number of carbonyl (C=O) groups excluding carboxylic acids is 1. The molecule has 1 N–H and O–H groups in total. The average Bonchev–Trinajstić information content (AvgIpc) is 3.56. The predicted molar refractivity (Wildman–Crippen MR) is 158 cm³/mol. The van der Waals surface area contributed by atoms with Crippen molar-refractivity contribution >= 4 is 11.7 Å². The second-order valence-electron chi connectivity index (χ2n) is 10.2.